The first-order valence-electron chi connectivity index (χ1n) is 5.65. The van der Waals surface area contributed by atoms with Crippen LogP contribution < -0.4 is 4.90 Å². The molecule has 1 unspecified atom stereocenters. The van der Waals surface area contributed by atoms with Gasteiger partial charge < -0.3 is 5.11 Å². The smallest absolute Gasteiger partial charge is 0.232 e. The molecular weight excluding hydrogens is 216 g/mol. The maximum Gasteiger partial charge on any atom is 0.232 e. The zero-order chi connectivity index (χ0) is 12.4. The summed E-state index contributed by atoms with van der Waals surface area (Å²) in [5.41, 5.74) is 2.52. The fourth-order valence-corrected chi connectivity index (χ4v) is 2.09. The van der Waals surface area contributed by atoms with Gasteiger partial charge in [0, 0.05) is 5.69 Å². The molecular formula is C13H14N2O2. The number of nitrogens with zero attached hydrogens (tertiary/aromatic N) is 2. The van der Waals surface area contributed by atoms with Crippen LogP contribution in [0.25, 0.3) is 0 Å². The molecule has 1 amide bonds. The maximum absolute atomic E-state index is 11.7. The zero-order valence-electron chi connectivity index (χ0n) is 9.68. The van der Waals surface area contributed by atoms with Crippen LogP contribution in [-0.2, 0) is 11.2 Å². The minimum absolute atomic E-state index is 0.0512. The standard InChI is InChI=1S/C13H14N2O2/c1-2-12(16)9-3-4-11-10(7-9)8-13(17)15(11)6-5-14/h3-4,7,12,16H,2,6,8H2,1H3. The number of hydrogen-bond acceptors (Lipinski definition) is 3. The molecule has 0 spiro atoms. The van der Waals surface area contributed by atoms with E-state index < -0.39 is 6.10 Å². The van der Waals surface area contributed by atoms with Gasteiger partial charge in [-0.05, 0) is 23.6 Å². The van der Waals surface area contributed by atoms with Gasteiger partial charge in [-0.1, -0.05) is 19.1 Å². The fraction of sp³-hybridized carbons (Fsp3) is 0.385. The first-order chi connectivity index (χ1) is 8.17. The van der Waals surface area contributed by atoms with E-state index in [1.54, 1.807) is 0 Å². The summed E-state index contributed by atoms with van der Waals surface area (Å²) in [5.74, 6) is -0.0512. The van der Waals surface area contributed by atoms with Crippen molar-refractivity contribution in [2.24, 2.45) is 0 Å². The van der Waals surface area contributed by atoms with Gasteiger partial charge in [0.25, 0.3) is 0 Å². The summed E-state index contributed by atoms with van der Waals surface area (Å²) in [6, 6.07) is 7.47. The Kier molecular flexibility index (Phi) is 3.12. The summed E-state index contributed by atoms with van der Waals surface area (Å²) < 4.78 is 0. The van der Waals surface area contributed by atoms with Gasteiger partial charge in [0.2, 0.25) is 5.91 Å². The third-order valence-corrected chi connectivity index (χ3v) is 3.04. The summed E-state index contributed by atoms with van der Waals surface area (Å²) in [5, 5.41) is 18.4. The lowest BCUT2D eigenvalue weighted by Gasteiger charge is -2.14. The van der Waals surface area contributed by atoms with E-state index >= 15 is 0 Å². The summed E-state index contributed by atoms with van der Waals surface area (Å²) >= 11 is 0. The van der Waals surface area contributed by atoms with Gasteiger partial charge >= 0.3 is 0 Å². The Morgan fingerprint density at radius 2 is 2.35 bits per heavy atom. The summed E-state index contributed by atoms with van der Waals surface area (Å²) in [6.07, 6.45) is 0.482. The van der Waals surface area contributed by atoms with Gasteiger partial charge in [-0.3, -0.25) is 9.69 Å². The number of benzene rings is 1. The lowest BCUT2D eigenvalue weighted by atomic mass is 10.0. The number of fused-ring (bicyclic) bond motifs is 1. The van der Waals surface area contributed by atoms with Gasteiger partial charge in [-0.25, -0.2) is 0 Å². The van der Waals surface area contributed by atoms with Crippen LogP contribution >= 0.6 is 0 Å². The van der Waals surface area contributed by atoms with Crippen molar-refractivity contribution in [1.29, 1.82) is 5.26 Å². The van der Waals surface area contributed by atoms with E-state index in [0.29, 0.717) is 12.8 Å². The van der Waals surface area contributed by atoms with Crippen LogP contribution in [0.1, 0.15) is 30.6 Å². The second kappa shape index (κ2) is 4.56. The molecule has 0 radical (unpaired) electrons. The lowest BCUT2D eigenvalue weighted by Crippen LogP contribution is -2.26. The highest BCUT2D eigenvalue weighted by molar-refractivity contribution is 6.01. The highest BCUT2D eigenvalue weighted by Gasteiger charge is 2.27. The third kappa shape index (κ3) is 2.02. The van der Waals surface area contributed by atoms with Crippen molar-refractivity contribution in [3.05, 3.63) is 29.3 Å². The summed E-state index contributed by atoms with van der Waals surface area (Å²) in [7, 11) is 0. The molecule has 1 aliphatic heterocycles. The number of aliphatic hydroxyl groups is 1. The molecule has 2 rings (SSSR count). The van der Waals surface area contributed by atoms with Crippen molar-refractivity contribution >= 4 is 11.6 Å². The average molecular weight is 230 g/mol. The minimum Gasteiger partial charge on any atom is -0.388 e. The monoisotopic (exact) mass is 230 g/mol. The van der Waals surface area contributed by atoms with E-state index in [0.717, 1.165) is 16.8 Å². The van der Waals surface area contributed by atoms with Crippen molar-refractivity contribution in [1.82, 2.24) is 0 Å². The quantitative estimate of drug-likeness (QED) is 0.801. The number of rotatable bonds is 3. The lowest BCUT2D eigenvalue weighted by molar-refractivity contribution is -0.117. The van der Waals surface area contributed by atoms with Crippen LogP contribution in [0.15, 0.2) is 18.2 Å². The Hall–Kier alpha value is -1.86. The van der Waals surface area contributed by atoms with Gasteiger partial charge in [-0.2, -0.15) is 5.26 Å². The van der Waals surface area contributed by atoms with Crippen LogP contribution in [0, 0.1) is 11.3 Å². The first kappa shape index (κ1) is 11.6. The van der Waals surface area contributed by atoms with Crippen LogP contribution in [0.2, 0.25) is 0 Å². The molecule has 1 aromatic rings. The number of nitriles is 1. The molecule has 4 nitrogen and oxygen atoms in total. The molecule has 4 heteroatoms. The van der Waals surface area contributed by atoms with Gasteiger partial charge in [0.15, 0.2) is 0 Å². The Bertz CT molecular complexity index is 491. The number of hydrogen-bond donors (Lipinski definition) is 1. The number of aliphatic hydroxyl groups excluding tert-OH is 1. The molecule has 0 aromatic heterocycles. The topological polar surface area (TPSA) is 64.3 Å². The molecule has 0 fully saturated rings. The molecule has 1 N–H and O–H groups in total. The van der Waals surface area contributed by atoms with Crippen molar-refractivity contribution in [3.63, 3.8) is 0 Å². The van der Waals surface area contributed by atoms with Crippen LogP contribution in [0.4, 0.5) is 5.69 Å². The molecule has 1 aromatic carbocycles. The normalized spacial score (nSPS) is 15.6. The van der Waals surface area contributed by atoms with Gasteiger partial charge in [0.05, 0.1) is 18.6 Å². The summed E-state index contributed by atoms with van der Waals surface area (Å²) in [4.78, 5) is 13.2. The first-order valence-corrected chi connectivity index (χ1v) is 5.65. The molecule has 0 saturated heterocycles. The van der Waals surface area contributed by atoms with Crippen LogP contribution in [0.5, 0.6) is 0 Å². The molecule has 88 valence electrons. The highest BCUT2D eigenvalue weighted by Crippen LogP contribution is 2.31. The highest BCUT2D eigenvalue weighted by atomic mass is 16.3. The molecule has 1 heterocycles. The number of carbonyl (C=O) groups is 1. The van der Waals surface area contributed by atoms with E-state index in [2.05, 4.69) is 0 Å². The average Bonchev–Trinajstić information content (AvgIpc) is 2.64. The Morgan fingerprint density at radius 3 is 3.00 bits per heavy atom. The second-order valence-electron chi connectivity index (χ2n) is 4.13. The molecule has 0 bridgehead atoms. The second-order valence-corrected chi connectivity index (χ2v) is 4.13. The molecule has 1 aliphatic rings. The SMILES string of the molecule is CCC(O)c1ccc2c(c1)CC(=O)N2CC#N. The number of anilines is 1. The molecule has 0 aliphatic carbocycles. The van der Waals surface area contributed by atoms with Crippen molar-refractivity contribution in [2.45, 2.75) is 25.9 Å². The van der Waals surface area contributed by atoms with Crippen LogP contribution in [0.3, 0.4) is 0 Å². The summed E-state index contributed by atoms with van der Waals surface area (Å²) in [6.45, 7) is 1.99. The zero-order valence-corrected chi connectivity index (χ0v) is 9.68. The predicted octanol–water partition coefficient (Wildman–Crippen LogP) is 1.54. The van der Waals surface area contributed by atoms with E-state index in [1.807, 2.05) is 31.2 Å². The molecule has 0 saturated carbocycles. The van der Waals surface area contributed by atoms with Crippen molar-refractivity contribution in [2.75, 3.05) is 11.4 Å². The van der Waals surface area contributed by atoms with E-state index in [9.17, 15) is 9.90 Å². The van der Waals surface area contributed by atoms with Gasteiger partial charge in [0.1, 0.15) is 6.54 Å². The van der Waals surface area contributed by atoms with Crippen LogP contribution in [-0.4, -0.2) is 17.6 Å². The Balaban J connectivity index is 2.35. The van der Waals surface area contributed by atoms with Crippen molar-refractivity contribution < 1.29 is 9.90 Å². The third-order valence-electron chi connectivity index (χ3n) is 3.04. The largest absolute Gasteiger partial charge is 0.388 e. The van der Waals surface area contributed by atoms with E-state index in [-0.39, 0.29) is 12.5 Å². The predicted molar refractivity (Wildman–Crippen MR) is 63.4 cm³/mol. The molecule has 1 atom stereocenters. The Labute approximate surface area is 100 Å². The number of carbonyl (C=O) groups excluding carboxylic acids is 1. The van der Waals surface area contributed by atoms with Crippen molar-refractivity contribution in [3.8, 4) is 6.07 Å². The van der Waals surface area contributed by atoms with E-state index in [1.165, 1.54) is 4.90 Å². The van der Waals surface area contributed by atoms with Gasteiger partial charge in [-0.15, -0.1) is 0 Å². The van der Waals surface area contributed by atoms with E-state index in [4.69, 9.17) is 5.26 Å². The minimum atomic E-state index is -0.486. The molecule has 17 heavy (non-hydrogen) atoms. The Morgan fingerprint density at radius 1 is 1.59 bits per heavy atom. The maximum atomic E-state index is 11.7. The number of amides is 1. The fourth-order valence-electron chi connectivity index (χ4n) is 2.09.